The van der Waals surface area contributed by atoms with Gasteiger partial charge in [0.15, 0.2) is 5.13 Å². The first-order chi connectivity index (χ1) is 9.82. The number of nitrogens with zero attached hydrogens (tertiary/aromatic N) is 2. The van der Waals surface area contributed by atoms with Crippen molar-refractivity contribution in [2.45, 2.75) is 6.42 Å². The van der Waals surface area contributed by atoms with Crippen LogP contribution in [0.15, 0.2) is 18.2 Å². The van der Waals surface area contributed by atoms with Crippen LogP contribution < -0.4 is 4.90 Å². The predicted molar refractivity (Wildman–Crippen MR) is 79.7 cm³/mol. The van der Waals surface area contributed by atoms with Gasteiger partial charge in [-0.1, -0.05) is 11.3 Å². The monoisotopic (exact) mass is 348 g/mol. The minimum Gasteiger partial charge on any atom is -0.288 e. The van der Waals surface area contributed by atoms with Gasteiger partial charge in [0.1, 0.15) is 5.82 Å². The van der Waals surface area contributed by atoms with Crippen molar-refractivity contribution in [2.75, 3.05) is 17.2 Å². The molecule has 21 heavy (non-hydrogen) atoms. The molecule has 1 atom stereocenters. The van der Waals surface area contributed by atoms with E-state index in [1.807, 2.05) is 0 Å². The van der Waals surface area contributed by atoms with E-state index in [-0.39, 0.29) is 36.4 Å². The number of aromatic nitrogens is 1. The van der Waals surface area contributed by atoms with Crippen LogP contribution in [-0.4, -0.2) is 31.6 Å². The highest BCUT2D eigenvalue weighted by Gasteiger charge is 2.34. The molecule has 5 nitrogen and oxygen atoms in total. The number of hydrogen-bond donors (Lipinski definition) is 0. The highest BCUT2D eigenvalue weighted by Crippen LogP contribution is 2.33. The quantitative estimate of drug-likeness (QED) is 0.798. The SMILES string of the molecule is O=C1CC(CS(=O)(=O)Cl)CN1c1nc2ccc(F)cc2s1. The van der Waals surface area contributed by atoms with Gasteiger partial charge in [-0.3, -0.25) is 9.69 Å². The van der Waals surface area contributed by atoms with Crippen LogP contribution in [0.4, 0.5) is 9.52 Å². The van der Waals surface area contributed by atoms with Crippen molar-refractivity contribution in [1.29, 1.82) is 0 Å². The van der Waals surface area contributed by atoms with E-state index in [0.717, 1.165) is 0 Å². The van der Waals surface area contributed by atoms with Crippen LogP contribution in [0, 0.1) is 11.7 Å². The van der Waals surface area contributed by atoms with Gasteiger partial charge in [0, 0.05) is 29.6 Å². The lowest BCUT2D eigenvalue weighted by Crippen LogP contribution is -2.25. The fourth-order valence-electron chi connectivity index (χ4n) is 2.36. The number of carbonyl (C=O) groups excluding carboxylic acids is 1. The van der Waals surface area contributed by atoms with E-state index in [2.05, 4.69) is 4.98 Å². The van der Waals surface area contributed by atoms with Gasteiger partial charge >= 0.3 is 0 Å². The van der Waals surface area contributed by atoms with E-state index in [9.17, 15) is 17.6 Å². The second kappa shape index (κ2) is 5.19. The minimum absolute atomic E-state index is 0.121. The first kappa shape index (κ1) is 14.7. The summed E-state index contributed by atoms with van der Waals surface area (Å²) in [7, 11) is 1.58. The molecular weight excluding hydrogens is 339 g/mol. The Morgan fingerprint density at radius 1 is 1.48 bits per heavy atom. The molecule has 1 aromatic heterocycles. The van der Waals surface area contributed by atoms with E-state index in [0.29, 0.717) is 15.3 Å². The maximum Gasteiger partial charge on any atom is 0.232 e. The van der Waals surface area contributed by atoms with Crippen molar-refractivity contribution in [3.05, 3.63) is 24.0 Å². The molecule has 1 amide bonds. The van der Waals surface area contributed by atoms with Crippen molar-refractivity contribution in [3.63, 3.8) is 0 Å². The van der Waals surface area contributed by atoms with Gasteiger partial charge in [0.05, 0.1) is 16.0 Å². The third-order valence-corrected chi connectivity index (χ3v) is 5.50. The highest BCUT2D eigenvalue weighted by atomic mass is 35.7. The van der Waals surface area contributed by atoms with Crippen LogP contribution in [0.5, 0.6) is 0 Å². The summed E-state index contributed by atoms with van der Waals surface area (Å²) >= 11 is 1.20. The van der Waals surface area contributed by atoms with Crippen LogP contribution in [0.1, 0.15) is 6.42 Å². The average Bonchev–Trinajstić information content (AvgIpc) is 2.89. The third kappa shape index (κ3) is 3.17. The molecule has 0 bridgehead atoms. The highest BCUT2D eigenvalue weighted by molar-refractivity contribution is 8.13. The molecule has 0 N–H and O–H groups in total. The second-order valence-electron chi connectivity index (χ2n) is 4.89. The van der Waals surface area contributed by atoms with E-state index >= 15 is 0 Å². The van der Waals surface area contributed by atoms with Gasteiger partial charge in [0.25, 0.3) is 0 Å². The summed E-state index contributed by atoms with van der Waals surface area (Å²) in [6, 6.07) is 4.21. The van der Waals surface area contributed by atoms with Gasteiger partial charge in [-0.05, 0) is 18.2 Å². The lowest BCUT2D eigenvalue weighted by Gasteiger charge is -2.12. The molecule has 3 rings (SSSR count). The molecular formula is C12H10ClFN2O3S2. The molecule has 0 saturated carbocycles. The molecule has 9 heteroatoms. The van der Waals surface area contributed by atoms with E-state index in [4.69, 9.17) is 10.7 Å². The molecule has 0 aliphatic carbocycles. The van der Waals surface area contributed by atoms with Crippen LogP contribution in [0.2, 0.25) is 0 Å². The summed E-state index contributed by atoms with van der Waals surface area (Å²) in [6.07, 6.45) is 0.121. The van der Waals surface area contributed by atoms with Gasteiger partial charge < -0.3 is 0 Å². The zero-order valence-corrected chi connectivity index (χ0v) is 13.0. The molecule has 1 aliphatic heterocycles. The number of halogens is 2. The summed E-state index contributed by atoms with van der Waals surface area (Å²) in [5.74, 6) is -1.14. The molecule has 0 spiro atoms. The van der Waals surface area contributed by atoms with Crippen molar-refractivity contribution in [3.8, 4) is 0 Å². The Morgan fingerprint density at radius 3 is 2.95 bits per heavy atom. The first-order valence-electron chi connectivity index (χ1n) is 6.10. The predicted octanol–water partition coefficient (Wildman–Crippen LogP) is 2.36. The Bertz CT molecular complexity index is 821. The molecule has 1 unspecified atom stereocenters. The van der Waals surface area contributed by atoms with Gasteiger partial charge in [-0.15, -0.1) is 0 Å². The standard InChI is InChI=1S/C12H10ClFN2O3S2/c13-21(18,19)6-7-3-11(17)16(5-7)12-15-9-2-1-8(14)4-10(9)20-12/h1-2,4,7H,3,5-6H2. The largest absolute Gasteiger partial charge is 0.288 e. The lowest BCUT2D eigenvalue weighted by molar-refractivity contribution is -0.117. The second-order valence-corrected chi connectivity index (χ2v) is 8.72. The number of fused-ring (bicyclic) bond motifs is 1. The Morgan fingerprint density at radius 2 is 2.24 bits per heavy atom. The summed E-state index contributed by atoms with van der Waals surface area (Å²) in [4.78, 5) is 17.7. The van der Waals surface area contributed by atoms with Crippen LogP contribution >= 0.6 is 22.0 Å². The van der Waals surface area contributed by atoms with Crippen molar-refractivity contribution in [1.82, 2.24) is 4.98 Å². The number of hydrogen-bond acceptors (Lipinski definition) is 5. The fraction of sp³-hybridized carbons (Fsp3) is 0.333. The van der Waals surface area contributed by atoms with Crippen LogP contribution in [-0.2, 0) is 13.8 Å². The minimum atomic E-state index is -3.64. The van der Waals surface area contributed by atoms with E-state index < -0.39 is 9.05 Å². The maximum atomic E-state index is 13.2. The summed E-state index contributed by atoms with van der Waals surface area (Å²) in [5.41, 5.74) is 0.609. The van der Waals surface area contributed by atoms with Crippen molar-refractivity contribution >= 4 is 52.3 Å². The smallest absolute Gasteiger partial charge is 0.232 e. The number of anilines is 1. The number of benzene rings is 1. The molecule has 112 valence electrons. The molecule has 1 fully saturated rings. The fourth-order valence-corrected chi connectivity index (χ4v) is 4.70. The Kier molecular flexibility index (Phi) is 3.62. The molecule has 0 radical (unpaired) electrons. The van der Waals surface area contributed by atoms with Crippen molar-refractivity contribution < 1.29 is 17.6 Å². The number of thiazole rings is 1. The van der Waals surface area contributed by atoms with Gasteiger partial charge in [-0.25, -0.2) is 17.8 Å². The maximum absolute atomic E-state index is 13.2. The van der Waals surface area contributed by atoms with E-state index in [1.54, 1.807) is 6.07 Å². The topological polar surface area (TPSA) is 67.3 Å². The Labute approximate surface area is 128 Å². The normalized spacial score (nSPS) is 19.6. The average molecular weight is 349 g/mol. The zero-order chi connectivity index (χ0) is 15.2. The number of amides is 1. The lowest BCUT2D eigenvalue weighted by atomic mass is 10.1. The van der Waals surface area contributed by atoms with Crippen LogP contribution in [0.3, 0.4) is 0 Å². The summed E-state index contributed by atoms with van der Waals surface area (Å²) < 4.78 is 36.0. The van der Waals surface area contributed by atoms with Gasteiger partial charge in [-0.2, -0.15) is 0 Å². The van der Waals surface area contributed by atoms with Gasteiger partial charge in [0.2, 0.25) is 15.0 Å². The van der Waals surface area contributed by atoms with E-state index in [1.165, 1.54) is 28.4 Å². The molecule has 1 aliphatic rings. The molecule has 2 heterocycles. The first-order valence-corrected chi connectivity index (χ1v) is 9.40. The molecule has 1 saturated heterocycles. The zero-order valence-electron chi connectivity index (χ0n) is 10.6. The summed E-state index contributed by atoms with van der Waals surface area (Å²) in [5, 5.41) is 0.454. The number of carbonyl (C=O) groups is 1. The molecule has 2 aromatic rings. The Balaban J connectivity index is 1.87. The Hall–Kier alpha value is -1.25. The van der Waals surface area contributed by atoms with Crippen LogP contribution in [0.25, 0.3) is 10.2 Å². The molecule has 1 aromatic carbocycles. The third-order valence-electron chi connectivity index (χ3n) is 3.21. The van der Waals surface area contributed by atoms with Crippen molar-refractivity contribution in [2.24, 2.45) is 5.92 Å². The number of rotatable bonds is 3. The summed E-state index contributed by atoms with van der Waals surface area (Å²) in [6.45, 7) is 0.257.